The van der Waals surface area contributed by atoms with E-state index in [1.165, 1.54) is 0 Å². The van der Waals surface area contributed by atoms with Gasteiger partial charge in [-0.1, -0.05) is 12.1 Å². The Morgan fingerprint density at radius 1 is 1.28 bits per heavy atom. The molecule has 5 heteroatoms. The Bertz CT molecular complexity index is 565. The number of para-hydroxylation sites is 1. The molecule has 0 saturated heterocycles. The van der Waals surface area contributed by atoms with E-state index in [1.807, 2.05) is 16.7 Å². The van der Waals surface area contributed by atoms with Crippen LogP contribution in [0.25, 0.3) is 11.4 Å². The third-order valence-corrected chi connectivity index (χ3v) is 3.43. The summed E-state index contributed by atoms with van der Waals surface area (Å²) in [7, 11) is 0. The van der Waals surface area contributed by atoms with Crippen LogP contribution in [0.2, 0.25) is 0 Å². The molecule has 3 rings (SSSR count). The molecule has 1 unspecified atom stereocenters. The number of rotatable bonds is 2. The predicted molar refractivity (Wildman–Crippen MR) is 66.2 cm³/mol. The van der Waals surface area contributed by atoms with E-state index >= 15 is 0 Å². The minimum absolute atomic E-state index is 0.0124. The molecule has 0 spiro atoms. The summed E-state index contributed by atoms with van der Waals surface area (Å²) in [6, 6.07) is 7.09. The Morgan fingerprint density at radius 3 is 2.89 bits per heavy atom. The summed E-state index contributed by atoms with van der Waals surface area (Å²) in [5.41, 5.74) is 0.664. The van der Waals surface area contributed by atoms with E-state index in [2.05, 4.69) is 10.2 Å². The number of aliphatic hydroxyl groups is 1. The summed E-state index contributed by atoms with van der Waals surface area (Å²) in [5.74, 6) is 1.72. The van der Waals surface area contributed by atoms with Crippen LogP contribution in [0, 0.1) is 0 Å². The lowest BCUT2D eigenvalue weighted by molar-refractivity contribution is 0.207. The lowest BCUT2D eigenvalue weighted by Gasteiger charge is -2.24. The Balaban J connectivity index is 2.14. The molecule has 2 heterocycles. The number of aromatic nitrogens is 3. The molecule has 2 aromatic rings. The van der Waals surface area contributed by atoms with Crippen molar-refractivity contribution < 1.29 is 10.2 Å². The molecule has 1 aliphatic heterocycles. The quantitative estimate of drug-likeness (QED) is 0.841. The first kappa shape index (κ1) is 11.2. The molecule has 1 aromatic carbocycles. The Morgan fingerprint density at radius 2 is 2.11 bits per heavy atom. The molecule has 1 aliphatic rings. The van der Waals surface area contributed by atoms with Crippen LogP contribution in [0.15, 0.2) is 24.3 Å². The van der Waals surface area contributed by atoms with Gasteiger partial charge < -0.3 is 14.8 Å². The van der Waals surface area contributed by atoms with Gasteiger partial charge in [-0.3, -0.25) is 0 Å². The van der Waals surface area contributed by atoms with Crippen molar-refractivity contribution in [2.75, 3.05) is 6.61 Å². The van der Waals surface area contributed by atoms with Crippen LogP contribution in [-0.4, -0.2) is 31.6 Å². The molecule has 2 N–H and O–H groups in total. The highest BCUT2D eigenvalue weighted by Gasteiger charge is 2.25. The minimum atomic E-state index is 0.0124. The number of phenolic OH excluding ortho intramolecular Hbond substituents is 1. The van der Waals surface area contributed by atoms with Crippen molar-refractivity contribution in [3.05, 3.63) is 30.1 Å². The average molecular weight is 245 g/mol. The highest BCUT2D eigenvalue weighted by molar-refractivity contribution is 5.63. The van der Waals surface area contributed by atoms with E-state index < -0.39 is 0 Å². The van der Waals surface area contributed by atoms with Crippen molar-refractivity contribution in [2.45, 2.75) is 25.3 Å². The fraction of sp³-hybridized carbons (Fsp3) is 0.385. The first-order valence-corrected chi connectivity index (χ1v) is 6.14. The van der Waals surface area contributed by atoms with Crippen molar-refractivity contribution in [1.82, 2.24) is 14.8 Å². The maximum atomic E-state index is 9.90. The zero-order valence-corrected chi connectivity index (χ0v) is 9.95. The number of aryl methyl sites for hydroxylation is 1. The van der Waals surface area contributed by atoms with Gasteiger partial charge in [-0.05, 0) is 25.0 Å². The lowest BCUT2D eigenvalue weighted by atomic mass is 10.0. The number of nitrogens with zero attached hydrogens (tertiary/aromatic N) is 3. The molecule has 18 heavy (non-hydrogen) atoms. The summed E-state index contributed by atoms with van der Waals surface area (Å²) < 4.78 is 1.96. The van der Waals surface area contributed by atoms with Gasteiger partial charge in [0.25, 0.3) is 0 Å². The van der Waals surface area contributed by atoms with Crippen molar-refractivity contribution in [2.24, 2.45) is 0 Å². The van der Waals surface area contributed by atoms with Crippen LogP contribution < -0.4 is 0 Å². The number of phenols is 1. The van der Waals surface area contributed by atoms with E-state index in [0.717, 1.165) is 25.1 Å². The molecule has 1 aromatic heterocycles. The van der Waals surface area contributed by atoms with Gasteiger partial charge in [0.1, 0.15) is 11.6 Å². The molecule has 5 nitrogen and oxygen atoms in total. The van der Waals surface area contributed by atoms with Crippen molar-refractivity contribution in [3.63, 3.8) is 0 Å². The molecule has 0 amide bonds. The number of hydrogen-bond donors (Lipinski definition) is 2. The molecule has 0 bridgehead atoms. The van der Waals surface area contributed by atoms with Gasteiger partial charge >= 0.3 is 0 Å². The molecular weight excluding hydrogens is 230 g/mol. The molecule has 1 atom stereocenters. The van der Waals surface area contributed by atoms with Gasteiger partial charge in [0.2, 0.25) is 0 Å². The highest BCUT2D eigenvalue weighted by atomic mass is 16.3. The topological polar surface area (TPSA) is 71.2 Å². The van der Waals surface area contributed by atoms with E-state index in [0.29, 0.717) is 11.4 Å². The SMILES string of the molecule is OCC1CCCc2nnc(-c3ccccc3O)n21. The molecule has 0 saturated carbocycles. The number of aliphatic hydroxyl groups excluding tert-OH is 1. The maximum Gasteiger partial charge on any atom is 0.168 e. The van der Waals surface area contributed by atoms with Crippen LogP contribution in [0.3, 0.4) is 0 Å². The van der Waals surface area contributed by atoms with E-state index in [-0.39, 0.29) is 18.4 Å². The van der Waals surface area contributed by atoms with E-state index in [4.69, 9.17) is 0 Å². The van der Waals surface area contributed by atoms with E-state index in [9.17, 15) is 10.2 Å². The van der Waals surface area contributed by atoms with Crippen molar-refractivity contribution in [1.29, 1.82) is 0 Å². The number of aromatic hydroxyl groups is 1. The van der Waals surface area contributed by atoms with Gasteiger partial charge in [0.05, 0.1) is 18.2 Å². The first-order valence-electron chi connectivity index (χ1n) is 6.14. The second-order valence-corrected chi connectivity index (χ2v) is 4.56. The van der Waals surface area contributed by atoms with Crippen LogP contribution in [-0.2, 0) is 6.42 Å². The summed E-state index contributed by atoms with van der Waals surface area (Å²) in [5, 5.41) is 27.7. The van der Waals surface area contributed by atoms with Crippen LogP contribution >= 0.6 is 0 Å². The van der Waals surface area contributed by atoms with E-state index in [1.54, 1.807) is 12.1 Å². The third kappa shape index (κ3) is 1.67. The Hall–Kier alpha value is -1.88. The van der Waals surface area contributed by atoms with Crippen molar-refractivity contribution in [3.8, 4) is 17.1 Å². The summed E-state index contributed by atoms with van der Waals surface area (Å²) in [6.45, 7) is 0.0750. The van der Waals surface area contributed by atoms with Crippen molar-refractivity contribution >= 4 is 0 Å². The van der Waals surface area contributed by atoms with Gasteiger partial charge in [-0.15, -0.1) is 10.2 Å². The van der Waals surface area contributed by atoms with Gasteiger partial charge in [0, 0.05) is 6.42 Å². The average Bonchev–Trinajstić information content (AvgIpc) is 2.83. The standard InChI is InChI=1S/C13H15N3O2/c17-8-9-4-3-7-12-14-15-13(16(9)12)10-5-1-2-6-11(10)18/h1-2,5-6,9,17-18H,3-4,7-8H2. The molecule has 0 radical (unpaired) electrons. The Labute approximate surface area is 105 Å². The largest absolute Gasteiger partial charge is 0.507 e. The number of benzene rings is 1. The highest BCUT2D eigenvalue weighted by Crippen LogP contribution is 2.33. The fourth-order valence-electron chi connectivity index (χ4n) is 2.52. The van der Waals surface area contributed by atoms with Gasteiger partial charge in [-0.2, -0.15) is 0 Å². The second-order valence-electron chi connectivity index (χ2n) is 4.56. The zero-order chi connectivity index (χ0) is 12.5. The molecular formula is C13H15N3O2. The molecule has 0 fully saturated rings. The molecule has 94 valence electrons. The normalized spacial score (nSPS) is 18.6. The monoisotopic (exact) mass is 245 g/mol. The summed E-state index contributed by atoms with van der Waals surface area (Å²) in [6.07, 6.45) is 2.81. The van der Waals surface area contributed by atoms with Crippen LogP contribution in [0.5, 0.6) is 5.75 Å². The lowest BCUT2D eigenvalue weighted by Crippen LogP contribution is -2.21. The fourth-order valence-corrected chi connectivity index (χ4v) is 2.52. The number of fused-ring (bicyclic) bond motifs is 1. The van der Waals surface area contributed by atoms with Gasteiger partial charge in [-0.25, -0.2) is 0 Å². The van der Waals surface area contributed by atoms with Crippen LogP contribution in [0.1, 0.15) is 24.7 Å². The van der Waals surface area contributed by atoms with Crippen LogP contribution in [0.4, 0.5) is 0 Å². The first-order chi connectivity index (χ1) is 8.81. The predicted octanol–water partition coefficient (Wildman–Crippen LogP) is 1.52. The Kier molecular flexibility index (Phi) is 2.76. The summed E-state index contributed by atoms with van der Waals surface area (Å²) in [4.78, 5) is 0. The maximum absolute atomic E-state index is 9.90. The smallest absolute Gasteiger partial charge is 0.168 e. The number of hydrogen-bond acceptors (Lipinski definition) is 4. The third-order valence-electron chi connectivity index (χ3n) is 3.43. The van der Waals surface area contributed by atoms with Gasteiger partial charge in [0.15, 0.2) is 5.82 Å². The minimum Gasteiger partial charge on any atom is -0.507 e. The summed E-state index contributed by atoms with van der Waals surface area (Å²) >= 11 is 0. The zero-order valence-electron chi connectivity index (χ0n) is 9.95. The second kappa shape index (κ2) is 4.42. The molecule has 0 aliphatic carbocycles.